The Morgan fingerprint density at radius 1 is 0.956 bits per heavy atom. The van der Waals surface area contributed by atoms with E-state index in [9.17, 15) is 25.6 Å². The van der Waals surface area contributed by atoms with Crippen LogP contribution < -0.4 is 14.9 Å². The summed E-state index contributed by atoms with van der Waals surface area (Å²) < 4.78 is 96.4. The van der Waals surface area contributed by atoms with Gasteiger partial charge in [0.25, 0.3) is 10.0 Å². The molecule has 0 saturated carbocycles. The number of sulfone groups is 1. The minimum Gasteiger partial charge on any atom is -0.351 e. The van der Waals surface area contributed by atoms with E-state index in [1.54, 1.807) is 6.07 Å². The molecule has 45 heavy (non-hydrogen) atoms. The molecule has 0 aliphatic carbocycles. The van der Waals surface area contributed by atoms with Crippen molar-refractivity contribution in [3.63, 3.8) is 0 Å². The van der Waals surface area contributed by atoms with Gasteiger partial charge in [-0.1, -0.05) is 23.5 Å². The normalized spacial score (nSPS) is 20.1. The number of nitrogens with one attached hydrogen (secondary N) is 2. The van der Waals surface area contributed by atoms with Crippen LogP contribution in [-0.2, 0) is 19.9 Å². The number of hydrogen-bond donors (Lipinski definition) is 2. The number of benzene rings is 2. The number of thiazole rings is 1. The Hall–Kier alpha value is -3.76. The Morgan fingerprint density at radius 2 is 1.62 bits per heavy atom. The molecule has 2 aliphatic heterocycles. The third-order valence-electron chi connectivity index (χ3n) is 7.93. The summed E-state index contributed by atoms with van der Waals surface area (Å²) in [4.78, 5) is 15.1. The van der Waals surface area contributed by atoms with E-state index in [1.165, 1.54) is 29.7 Å². The van der Waals surface area contributed by atoms with E-state index < -0.39 is 47.9 Å². The molecule has 2 aromatic heterocycles. The average Bonchev–Trinajstić information content (AvgIpc) is 3.39. The lowest BCUT2D eigenvalue weighted by molar-refractivity contribution is 0.380. The van der Waals surface area contributed by atoms with Crippen LogP contribution >= 0.6 is 11.3 Å². The summed E-state index contributed by atoms with van der Waals surface area (Å²) in [5, 5.41) is 3.82. The van der Waals surface area contributed by atoms with Crippen molar-refractivity contribution < 1.29 is 30.0 Å². The van der Waals surface area contributed by atoms with Gasteiger partial charge in [-0.2, -0.15) is 0 Å². The van der Waals surface area contributed by atoms with Crippen LogP contribution in [0.25, 0.3) is 21.8 Å². The van der Waals surface area contributed by atoms with Crippen molar-refractivity contribution in [3.8, 4) is 21.8 Å². The zero-order valence-corrected chi connectivity index (χ0v) is 26.6. The molecule has 2 unspecified atom stereocenters. The fourth-order valence-corrected chi connectivity index (χ4v) is 9.62. The Balaban J connectivity index is 1.39. The quantitative estimate of drug-likeness (QED) is 0.249. The van der Waals surface area contributed by atoms with Gasteiger partial charge in [0.05, 0.1) is 33.5 Å². The topological polar surface area (TPSA) is 134 Å². The molecule has 2 aliphatic rings. The van der Waals surface area contributed by atoms with Gasteiger partial charge in [0.2, 0.25) is 5.95 Å². The van der Waals surface area contributed by atoms with Crippen LogP contribution in [0, 0.1) is 17.5 Å². The van der Waals surface area contributed by atoms with Gasteiger partial charge in [-0.25, -0.2) is 45.0 Å². The van der Waals surface area contributed by atoms with Crippen LogP contribution in [0.2, 0.25) is 0 Å². The third kappa shape index (κ3) is 6.22. The SMILES string of the molecule is CC1CC(C)N1c1nc(-c2cccc(NS(=O)(=O)c3c(F)cccc3F)c2F)c(-c2ccnc(NC3CCS(=O)(=O)CC3)n2)s1. The second-order valence-corrected chi connectivity index (χ2v) is 16.1. The summed E-state index contributed by atoms with van der Waals surface area (Å²) in [6, 6.07) is 8.51. The average molecular weight is 679 g/mol. The molecule has 238 valence electrons. The summed E-state index contributed by atoms with van der Waals surface area (Å²) in [6.45, 7) is 4.10. The van der Waals surface area contributed by atoms with E-state index in [0.717, 1.165) is 30.7 Å². The van der Waals surface area contributed by atoms with E-state index in [2.05, 4.69) is 34.0 Å². The molecular weight excluding hydrogens is 650 g/mol. The summed E-state index contributed by atoms with van der Waals surface area (Å²) >= 11 is 1.29. The highest BCUT2D eigenvalue weighted by Gasteiger charge is 2.35. The van der Waals surface area contributed by atoms with E-state index in [-0.39, 0.29) is 46.8 Å². The highest BCUT2D eigenvalue weighted by molar-refractivity contribution is 7.92. The van der Waals surface area contributed by atoms with Crippen LogP contribution in [0.3, 0.4) is 0 Å². The van der Waals surface area contributed by atoms with Gasteiger partial charge in [-0.15, -0.1) is 0 Å². The highest BCUT2D eigenvalue weighted by Crippen LogP contribution is 2.45. The Bertz CT molecular complexity index is 1950. The van der Waals surface area contributed by atoms with Crippen molar-refractivity contribution in [2.75, 3.05) is 26.4 Å². The molecule has 6 rings (SSSR count). The maximum Gasteiger partial charge on any atom is 0.267 e. The molecule has 0 amide bonds. The maximum absolute atomic E-state index is 16.2. The molecule has 10 nitrogen and oxygen atoms in total. The van der Waals surface area contributed by atoms with Crippen molar-refractivity contribution in [1.29, 1.82) is 0 Å². The minimum absolute atomic E-state index is 0.0480. The molecule has 16 heteroatoms. The lowest BCUT2D eigenvalue weighted by atomic mass is 9.97. The number of sulfonamides is 1. The lowest BCUT2D eigenvalue weighted by Crippen LogP contribution is -2.53. The summed E-state index contributed by atoms with van der Waals surface area (Å²) in [5.74, 6) is -3.20. The van der Waals surface area contributed by atoms with Gasteiger partial charge in [0.1, 0.15) is 21.5 Å². The number of rotatable bonds is 8. The van der Waals surface area contributed by atoms with Gasteiger partial charge in [0.15, 0.2) is 15.8 Å². The van der Waals surface area contributed by atoms with Crippen molar-refractivity contribution in [2.24, 2.45) is 0 Å². The fourth-order valence-electron chi connectivity index (χ4n) is 5.67. The Labute approximate surface area is 262 Å². The predicted octanol–water partition coefficient (Wildman–Crippen LogP) is 5.46. The monoisotopic (exact) mass is 678 g/mol. The zero-order chi connectivity index (χ0) is 32.1. The van der Waals surface area contributed by atoms with E-state index in [0.29, 0.717) is 28.5 Å². The molecule has 0 radical (unpaired) electrons. The molecule has 2 atom stereocenters. The molecule has 0 spiro atoms. The zero-order valence-electron chi connectivity index (χ0n) is 24.2. The molecule has 2 saturated heterocycles. The van der Waals surface area contributed by atoms with Crippen LogP contribution in [0.15, 0.2) is 53.6 Å². The first-order valence-electron chi connectivity index (χ1n) is 14.2. The first-order chi connectivity index (χ1) is 21.3. The molecule has 4 aromatic rings. The Morgan fingerprint density at radius 3 is 2.29 bits per heavy atom. The van der Waals surface area contributed by atoms with E-state index in [4.69, 9.17) is 4.98 Å². The third-order valence-corrected chi connectivity index (χ3v) is 12.2. The number of nitrogens with zero attached hydrogens (tertiary/aromatic N) is 4. The second kappa shape index (κ2) is 11.9. The van der Waals surface area contributed by atoms with Gasteiger partial charge in [0, 0.05) is 29.9 Å². The van der Waals surface area contributed by atoms with Crippen LogP contribution in [0.5, 0.6) is 0 Å². The van der Waals surface area contributed by atoms with Gasteiger partial charge < -0.3 is 10.2 Å². The molecule has 0 bridgehead atoms. The van der Waals surface area contributed by atoms with Gasteiger partial charge >= 0.3 is 0 Å². The number of hydrogen-bond acceptors (Lipinski definition) is 10. The largest absolute Gasteiger partial charge is 0.351 e. The van der Waals surface area contributed by atoms with Crippen molar-refractivity contribution in [3.05, 3.63) is 66.1 Å². The molecule has 2 N–H and O–H groups in total. The van der Waals surface area contributed by atoms with Crippen LogP contribution in [-0.4, -0.2) is 61.4 Å². The smallest absolute Gasteiger partial charge is 0.267 e. The van der Waals surface area contributed by atoms with Gasteiger partial charge in [-0.05, 0) is 63.4 Å². The van der Waals surface area contributed by atoms with E-state index >= 15 is 4.39 Å². The fraction of sp³-hybridized carbons (Fsp3) is 0.345. The molecule has 4 heterocycles. The first kappa shape index (κ1) is 31.2. The van der Waals surface area contributed by atoms with Gasteiger partial charge in [-0.3, -0.25) is 4.72 Å². The summed E-state index contributed by atoms with van der Waals surface area (Å²) in [7, 11) is -7.89. The van der Waals surface area contributed by atoms with Crippen LogP contribution in [0.4, 0.5) is 29.9 Å². The standard InChI is InChI=1S/C29H29F3N6O4S3/c1-16-15-17(2)38(16)29-36-25(26(43-29)23-9-12-33-28(35-23)34-18-10-13-44(39,40)14-11-18)19-5-3-8-22(24(19)32)37-45(41,42)27-20(30)6-4-7-21(27)31/h3-9,12,16-18,37H,10-11,13-15H2,1-2H3,(H,33,34,35). The molecular formula is C29H29F3N6O4S3. The molecule has 2 aromatic carbocycles. The van der Waals surface area contributed by atoms with Crippen LogP contribution in [0.1, 0.15) is 33.1 Å². The predicted molar refractivity (Wildman–Crippen MR) is 167 cm³/mol. The first-order valence-corrected chi connectivity index (χ1v) is 18.3. The van der Waals surface area contributed by atoms with Crippen molar-refractivity contribution >= 4 is 48.0 Å². The number of aromatic nitrogens is 3. The summed E-state index contributed by atoms with van der Waals surface area (Å²) in [5.41, 5.74) is 0.0615. The lowest BCUT2D eigenvalue weighted by Gasteiger charge is -2.45. The highest BCUT2D eigenvalue weighted by atomic mass is 32.2. The van der Waals surface area contributed by atoms with E-state index in [1.807, 2.05) is 4.72 Å². The minimum atomic E-state index is -4.84. The summed E-state index contributed by atoms with van der Waals surface area (Å²) in [6.07, 6.45) is 3.32. The molecule has 2 fully saturated rings. The van der Waals surface area contributed by atoms with Crippen molar-refractivity contribution in [1.82, 2.24) is 15.0 Å². The maximum atomic E-state index is 16.2. The number of anilines is 3. The Kier molecular flexibility index (Phi) is 8.24. The second-order valence-electron chi connectivity index (χ2n) is 11.2. The van der Waals surface area contributed by atoms with Crippen molar-refractivity contribution in [2.45, 2.75) is 56.1 Å². The number of halogens is 3.